The van der Waals surface area contributed by atoms with E-state index in [9.17, 15) is 14.4 Å². The number of allylic oxidation sites excluding steroid dienone is 8. The highest BCUT2D eigenvalue weighted by Crippen LogP contribution is 2.14. The molecule has 52 heavy (non-hydrogen) atoms. The summed E-state index contributed by atoms with van der Waals surface area (Å²) in [5, 5.41) is 0. The highest BCUT2D eigenvalue weighted by molar-refractivity contribution is 5.71. The van der Waals surface area contributed by atoms with Crippen LogP contribution in [0.4, 0.5) is 0 Å². The van der Waals surface area contributed by atoms with Crippen molar-refractivity contribution in [1.29, 1.82) is 0 Å². The zero-order valence-electron chi connectivity index (χ0n) is 34.1. The Morgan fingerprint density at radius 1 is 0.404 bits per heavy atom. The maximum atomic E-state index is 12.7. The molecule has 6 nitrogen and oxygen atoms in total. The van der Waals surface area contributed by atoms with E-state index in [-0.39, 0.29) is 31.1 Å². The predicted octanol–water partition coefficient (Wildman–Crippen LogP) is 13.6. The molecule has 0 aromatic rings. The van der Waals surface area contributed by atoms with E-state index in [4.69, 9.17) is 14.2 Å². The quantitative estimate of drug-likeness (QED) is 0.0272. The van der Waals surface area contributed by atoms with Crippen molar-refractivity contribution in [3.05, 3.63) is 48.6 Å². The third-order valence-electron chi connectivity index (χ3n) is 9.08. The fourth-order valence-corrected chi connectivity index (χ4v) is 5.87. The van der Waals surface area contributed by atoms with Gasteiger partial charge in [-0.15, -0.1) is 0 Å². The van der Waals surface area contributed by atoms with Gasteiger partial charge in [-0.1, -0.05) is 166 Å². The number of carbonyl (C=O) groups excluding carboxylic acids is 3. The number of esters is 3. The lowest BCUT2D eigenvalue weighted by Crippen LogP contribution is -2.30. The molecular formula is C46H80O6. The largest absolute Gasteiger partial charge is 0.462 e. The lowest BCUT2D eigenvalue weighted by molar-refractivity contribution is -0.167. The number of unbranched alkanes of at least 4 members (excludes halogenated alkanes) is 19. The smallest absolute Gasteiger partial charge is 0.306 e. The summed E-state index contributed by atoms with van der Waals surface area (Å²) in [7, 11) is 0. The Hall–Kier alpha value is -2.63. The van der Waals surface area contributed by atoms with Gasteiger partial charge in [0.2, 0.25) is 0 Å². The van der Waals surface area contributed by atoms with Gasteiger partial charge in [-0.05, 0) is 70.6 Å². The summed E-state index contributed by atoms with van der Waals surface area (Å²) < 4.78 is 16.6. The standard InChI is InChI=1S/C46H80O6/c1-4-7-10-13-16-19-21-23-25-27-30-33-36-39-45(48)51-42-43(41-50-44(47)38-35-32-29-26-18-15-12-9-6-3)52-46(49)40-37-34-31-28-24-22-20-17-14-11-8-5-2/h8-9,11-12,17-18,20,26,43H,4-7,10,13-16,19,21-25,27-42H2,1-3H3/b11-8-,12-9-,20-17-,26-18-. The fourth-order valence-electron chi connectivity index (χ4n) is 5.87. The Kier molecular flexibility index (Phi) is 39.1. The number of hydrogen-bond donors (Lipinski definition) is 0. The van der Waals surface area contributed by atoms with Crippen molar-refractivity contribution < 1.29 is 28.6 Å². The van der Waals surface area contributed by atoms with Crippen molar-refractivity contribution in [2.45, 2.75) is 213 Å². The normalized spacial score (nSPS) is 12.4. The average Bonchev–Trinajstić information content (AvgIpc) is 3.14. The van der Waals surface area contributed by atoms with Crippen molar-refractivity contribution in [1.82, 2.24) is 0 Å². The second-order valence-corrected chi connectivity index (χ2v) is 14.2. The molecule has 0 bridgehead atoms. The first-order valence-electron chi connectivity index (χ1n) is 21.6. The highest BCUT2D eigenvalue weighted by Gasteiger charge is 2.19. The van der Waals surface area contributed by atoms with Crippen LogP contribution >= 0.6 is 0 Å². The maximum Gasteiger partial charge on any atom is 0.306 e. The summed E-state index contributed by atoms with van der Waals surface area (Å²) in [5.74, 6) is -0.945. The summed E-state index contributed by atoms with van der Waals surface area (Å²) in [4.78, 5) is 37.6. The van der Waals surface area contributed by atoms with Gasteiger partial charge in [0, 0.05) is 19.3 Å². The van der Waals surface area contributed by atoms with Crippen molar-refractivity contribution in [3.8, 4) is 0 Å². The second kappa shape index (κ2) is 41.1. The first-order valence-corrected chi connectivity index (χ1v) is 21.6. The van der Waals surface area contributed by atoms with E-state index in [0.29, 0.717) is 19.3 Å². The molecule has 6 heteroatoms. The van der Waals surface area contributed by atoms with Crippen LogP contribution < -0.4 is 0 Å². The Labute approximate surface area is 320 Å². The van der Waals surface area contributed by atoms with Gasteiger partial charge in [-0.3, -0.25) is 14.4 Å². The van der Waals surface area contributed by atoms with Gasteiger partial charge in [0.05, 0.1) is 0 Å². The Morgan fingerprint density at radius 2 is 0.750 bits per heavy atom. The summed E-state index contributed by atoms with van der Waals surface area (Å²) >= 11 is 0. The molecule has 0 aromatic heterocycles. The van der Waals surface area contributed by atoms with Crippen LogP contribution in [0.5, 0.6) is 0 Å². The van der Waals surface area contributed by atoms with Gasteiger partial charge in [0.1, 0.15) is 13.2 Å². The van der Waals surface area contributed by atoms with Crippen LogP contribution in [0, 0.1) is 0 Å². The third-order valence-corrected chi connectivity index (χ3v) is 9.08. The molecule has 0 aliphatic heterocycles. The number of ether oxygens (including phenoxy) is 3. The van der Waals surface area contributed by atoms with Crippen molar-refractivity contribution in [2.24, 2.45) is 0 Å². The molecule has 0 saturated heterocycles. The zero-order chi connectivity index (χ0) is 38.0. The molecule has 0 fully saturated rings. The van der Waals surface area contributed by atoms with E-state index in [2.05, 4.69) is 69.4 Å². The molecule has 0 rings (SSSR count). The maximum absolute atomic E-state index is 12.7. The van der Waals surface area contributed by atoms with Gasteiger partial charge in [0.25, 0.3) is 0 Å². The first kappa shape index (κ1) is 49.4. The van der Waals surface area contributed by atoms with Gasteiger partial charge < -0.3 is 14.2 Å². The van der Waals surface area contributed by atoms with Crippen LogP contribution in [0.2, 0.25) is 0 Å². The van der Waals surface area contributed by atoms with Crippen molar-refractivity contribution in [3.63, 3.8) is 0 Å². The van der Waals surface area contributed by atoms with E-state index >= 15 is 0 Å². The SMILES string of the molecule is CC/C=C\C/C=C\CCCCCCCC(=O)OC(COC(=O)CCCC/C=C\C/C=C\CC)COC(=O)CCCCCCCCCCCCCCC. The Bertz CT molecular complexity index is 933. The molecule has 1 unspecified atom stereocenters. The van der Waals surface area contributed by atoms with Gasteiger partial charge in [-0.25, -0.2) is 0 Å². The van der Waals surface area contributed by atoms with Crippen LogP contribution in [0.1, 0.15) is 207 Å². The summed E-state index contributed by atoms with van der Waals surface area (Å²) in [6.07, 6.45) is 46.8. The topological polar surface area (TPSA) is 78.9 Å². The van der Waals surface area contributed by atoms with Gasteiger partial charge in [0.15, 0.2) is 6.10 Å². The number of rotatable bonds is 38. The molecule has 0 saturated carbocycles. The van der Waals surface area contributed by atoms with Gasteiger partial charge in [-0.2, -0.15) is 0 Å². The molecular weight excluding hydrogens is 648 g/mol. The lowest BCUT2D eigenvalue weighted by atomic mass is 10.0. The van der Waals surface area contributed by atoms with Crippen LogP contribution in [0.3, 0.4) is 0 Å². The minimum absolute atomic E-state index is 0.0880. The zero-order valence-corrected chi connectivity index (χ0v) is 34.1. The van der Waals surface area contributed by atoms with Crippen LogP contribution in [-0.2, 0) is 28.6 Å². The van der Waals surface area contributed by atoms with Crippen LogP contribution in [-0.4, -0.2) is 37.2 Å². The van der Waals surface area contributed by atoms with Crippen molar-refractivity contribution >= 4 is 17.9 Å². The molecule has 0 N–H and O–H groups in total. The monoisotopic (exact) mass is 729 g/mol. The first-order chi connectivity index (χ1) is 25.5. The van der Waals surface area contributed by atoms with E-state index in [1.807, 2.05) is 0 Å². The van der Waals surface area contributed by atoms with Crippen LogP contribution in [0.15, 0.2) is 48.6 Å². The molecule has 1 atom stereocenters. The predicted molar refractivity (Wildman–Crippen MR) is 219 cm³/mol. The third kappa shape index (κ3) is 38.6. The molecule has 0 aromatic carbocycles. The summed E-state index contributed by atoms with van der Waals surface area (Å²) in [5.41, 5.74) is 0. The number of carbonyl (C=O) groups is 3. The highest BCUT2D eigenvalue weighted by atomic mass is 16.6. The lowest BCUT2D eigenvalue weighted by Gasteiger charge is -2.18. The molecule has 300 valence electrons. The minimum atomic E-state index is -0.787. The number of hydrogen-bond acceptors (Lipinski definition) is 6. The Morgan fingerprint density at radius 3 is 1.19 bits per heavy atom. The van der Waals surface area contributed by atoms with Crippen LogP contribution in [0.25, 0.3) is 0 Å². The second-order valence-electron chi connectivity index (χ2n) is 14.2. The molecule has 0 aliphatic carbocycles. The van der Waals surface area contributed by atoms with E-state index in [1.165, 1.54) is 64.2 Å². The molecule has 0 heterocycles. The molecule has 0 spiro atoms. The van der Waals surface area contributed by atoms with E-state index < -0.39 is 6.10 Å². The average molecular weight is 729 g/mol. The van der Waals surface area contributed by atoms with Gasteiger partial charge >= 0.3 is 17.9 Å². The fraction of sp³-hybridized carbons (Fsp3) is 0.761. The van der Waals surface area contributed by atoms with E-state index in [0.717, 1.165) is 103 Å². The minimum Gasteiger partial charge on any atom is -0.462 e. The summed E-state index contributed by atoms with van der Waals surface area (Å²) in [6, 6.07) is 0. The molecule has 0 aliphatic rings. The summed E-state index contributed by atoms with van der Waals surface area (Å²) in [6.45, 7) is 6.34. The van der Waals surface area contributed by atoms with E-state index in [1.54, 1.807) is 0 Å². The molecule has 0 amide bonds. The molecule has 0 radical (unpaired) electrons. The Balaban J connectivity index is 4.40. The van der Waals surface area contributed by atoms with Crippen molar-refractivity contribution in [2.75, 3.05) is 13.2 Å².